The van der Waals surface area contributed by atoms with E-state index in [1.807, 2.05) is 41.3 Å². The van der Waals surface area contributed by atoms with E-state index < -0.39 is 14.6 Å². The molecule has 0 bridgehead atoms. The van der Waals surface area contributed by atoms with Crippen molar-refractivity contribution in [2.24, 2.45) is 4.99 Å². The number of benzene rings is 1. The van der Waals surface area contributed by atoms with Gasteiger partial charge >= 0.3 is 0 Å². The zero-order valence-corrected chi connectivity index (χ0v) is 18.8. The van der Waals surface area contributed by atoms with Gasteiger partial charge in [0.1, 0.15) is 5.69 Å². The number of sulfone groups is 1. The fourth-order valence-electron chi connectivity index (χ4n) is 2.96. The van der Waals surface area contributed by atoms with E-state index in [4.69, 9.17) is 4.52 Å². The Balaban J connectivity index is 0.00000261. The Bertz CT molecular complexity index is 894. The van der Waals surface area contributed by atoms with Gasteiger partial charge in [-0.15, -0.1) is 24.0 Å². The number of rotatable bonds is 3. The van der Waals surface area contributed by atoms with Crippen LogP contribution in [0.3, 0.4) is 0 Å². The second kappa shape index (κ2) is 8.59. The number of hydrogen-bond acceptors (Lipinski definition) is 5. The normalized spacial score (nSPS) is 18.6. The van der Waals surface area contributed by atoms with Gasteiger partial charge in [-0.2, -0.15) is 0 Å². The summed E-state index contributed by atoms with van der Waals surface area (Å²) in [5.74, 6) is 1.50. The first-order chi connectivity index (χ1) is 12.3. The summed E-state index contributed by atoms with van der Waals surface area (Å²) in [6.45, 7) is 4.80. The van der Waals surface area contributed by atoms with Gasteiger partial charge in [-0.1, -0.05) is 35.5 Å². The number of hydrogen-bond donors (Lipinski definition) is 1. The van der Waals surface area contributed by atoms with Gasteiger partial charge in [0.15, 0.2) is 21.6 Å². The van der Waals surface area contributed by atoms with E-state index in [-0.39, 0.29) is 29.7 Å². The molecule has 2 aromatic rings. The van der Waals surface area contributed by atoms with Crippen molar-refractivity contribution in [3.63, 3.8) is 0 Å². The van der Waals surface area contributed by atoms with E-state index in [2.05, 4.69) is 15.5 Å². The summed E-state index contributed by atoms with van der Waals surface area (Å²) < 4.78 is 28.9. The molecule has 1 aliphatic heterocycles. The number of aromatic nitrogens is 1. The van der Waals surface area contributed by atoms with Crippen LogP contribution in [0, 0.1) is 0 Å². The van der Waals surface area contributed by atoms with Gasteiger partial charge in [0.05, 0.1) is 17.0 Å². The molecule has 0 atom stereocenters. The lowest BCUT2D eigenvalue weighted by molar-refractivity contribution is 0.352. The van der Waals surface area contributed by atoms with E-state index in [1.54, 1.807) is 20.9 Å². The zero-order valence-electron chi connectivity index (χ0n) is 15.7. The van der Waals surface area contributed by atoms with Crippen LogP contribution in [0.5, 0.6) is 0 Å². The zero-order chi connectivity index (χ0) is 18.8. The highest BCUT2D eigenvalue weighted by Crippen LogP contribution is 2.24. The molecule has 7 nitrogen and oxygen atoms in total. The molecule has 148 valence electrons. The fraction of sp³-hybridized carbons (Fsp3) is 0.444. The van der Waals surface area contributed by atoms with Gasteiger partial charge in [0.2, 0.25) is 0 Å². The summed E-state index contributed by atoms with van der Waals surface area (Å²) in [4.78, 5) is 6.25. The second-order valence-corrected chi connectivity index (χ2v) is 9.69. The number of nitrogens with one attached hydrogen (secondary N) is 1. The van der Waals surface area contributed by atoms with Crippen LogP contribution in [0.2, 0.25) is 0 Å². The average Bonchev–Trinajstić information content (AvgIpc) is 3.08. The molecule has 3 rings (SSSR count). The molecule has 0 saturated carbocycles. The van der Waals surface area contributed by atoms with Gasteiger partial charge in [0.25, 0.3) is 0 Å². The molecule has 0 radical (unpaired) electrons. The van der Waals surface area contributed by atoms with Crippen LogP contribution < -0.4 is 5.32 Å². The van der Waals surface area contributed by atoms with E-state index in [0.717, 1.165) is 11.3 Å². The third-order valence-electron chi connectivity index (χ3n) is 4.60. The third-order valence-corrected chi connectivity index (χ3v) is 7.13. The quantitative estimate of drug-likeness (QED) is 0.393. The highest BCUT2D eigenvalue weighted by molar-refractivity contribution is 14.0. The van der Waals surface area contributed by atoms with Crippen LogP contribution in [0.15, 0.2) is 45.9 Å². The first kappa shape index (κ1) is 21.7. The fourth-order valence-corrected chi connectivity index (χ4v) is 4.33. The summed E-state index contributed by atoms with van der Waals surface area (Å²) >= 11 is 0. The smallest absolute Gasteiger partial charge is 0.194 e. The van der Waals surface area contributed by atoms with E-state index in [1.165, 1.54) is 0 Å². The lowest BCUT2D eigenvalue weighted by Crippen LogP contribution is -2.57. The van der Waals surface area contributed by atoms with Crippen LogP contribution >= 0.6 is 24.0 Å². The Kier molecular flexibility index (Phi) is 6.90. The maximum atomic E-state index is 12.2. The number of guanidine groups is 1. The lowest BCUT2D eigenvalue weighted by atomic mass is 10.1. The van der Waals surface area contributed by atoms with Crippen LogP contribution in [0.25, 0.3) is 11.3 Å². The van der Waals surface area contributed by atoms with Crippen molar-refractivity contribution in [3.05, 3.63) is 42.1 Å². The van der Waals surface area contributed by atoms with Crippen molar-refractivity contribution in [2.45, 2.75) is 25.1 Å². The van der Waals surface area contributed by atoms with E-state index in [0.29, 0.717) is 31.4 Å². The highest BCUT2D eigenvalue weighted by Gasteiger charge is 2.40. The van der Waals surface area contributed by atoms with Crippen molar-refractivity contribution < 1.29 is 12.9 Å². The molecule has 0 amide bonds. The second-order valence-electron chi connectivity index (χ2n) is 6.95. The van der Waals surface area contributed by atoms with Crippen molar-refractivity contribution in [2.75, 3.05) is 25.9 Å². The minimum atomic E-state index is -3.08. The SMILES string of the molecule is CN=C(NCc1cc(-c2ccccc2)on1)N1CCS(=O)(=O)C(C)(C)C1.I. The molecule has 2 heterocycles. The van der Waals surface area contributed by atoms with Crippen molar-refractivity contribution in [3.8, 4) is 11.3 Å². The molecule has 27 heavy (non-hydrogen) atoms. The van der Waals surface area contributed by atoms with Crippen molar-refractivity contribution in [1.82, 2.24) is 15.4 Å². The predicted octanol–water partition coefficient (Wildman–Crippen LogP) is 2.54. The topological polar surface area (TPSA) is 87.8 Å². The molecule has 0 aliphatic carbocycles. The monoisotopic (exact) mass is 504 g/mol. The molecule has 1 aromatic carbocycles. The maximum Gasteiger partial charge on any atom is 0.194 e. The largest absolute Gasteiger partial charge is 0.356 e. The minimum absolute atomic E-state index is 0. The van der Waals surface area contributed by atoms with Gasteiger partial charge in [-0.25, -0.2) is 8.42 Å². The van der Waals surface area contributed by atoms with Crippen LogP contribution in [-0.2, 0) is 16.4 Å². The first-order valence-corrected chi connectivity index (χ1v) is 10.2. The predicted molar refractivity (Wildman–Crippen MR) is 117 cm³/mol. The summed E-state index contributed by atoms with van der Waals surface area (Å²) in [6, 6.07) is 11.7. The van der Waals surface area contributed by atoms with Gasteiger partial charge < -0.3 is 14.7 Å². The molecule has 9 heteroatoms. The molecular formula is C18H25IN4O3S. The minimum Gasteiger partial charge on any atom is -0.356 e. The molecule has 1 saturated heterocycles. The molecule has 0 spiro atoms. The summed E-state index contributed by atoms with van der Waals surface area (Å²) in [6.07, 6.45) is 0. The van der Waals surface area contributed by atoms with Gasteiger partial charge in [-0.05, 0) is 13.8 Å². The first-order valence-electron chi connectivity index (χ1n) is 8.51. The standard InChI is InChI=1S/C18H24N4O3S.HI/c1-18(2)13-22(9-10-26(18,23)24)17(19-3)20-12-15-11-16(25-21-15)14-7-5-4-6-8-14;/h4-8,11H,9-10,12-13H2,1-3H3,(H,19,20);1H. The molecule has 1 aromatic heterocycles. The van der Waals surface area contributed by atoms with Crippen LogP contribution in [0.1, 0.15) is 19.5 Å². The van der Waals surface area contributed by atoms with Gasteiger partial charge in [-0.3, -0.25) is 4.99 Å². The number of aliphatic imine (C=N–C) groups is 1. The van der Waals surface area contributed by atoms with Crippen molar-refractivity contribution >= 4 is 39.8 Å². The maximum absolute atomic E-state index is 12.2. The molecule has 1 fully saturated rings. The molecule has 0 unspecified atom stereocenters. The lowest BCUT2D eigenvalue weighted by Gasteiger charge is -2.39. The van der Waals surface area contributed by atoms with E-state index in [9.17, 15) is 8.42 Å². The Morgan fingerprint density at radius 3 is 2.67 bits per heavy atom. The average molecular weight is 504 g/mol. The number of halogens is 1. The van der Waals surface area contributed by atoms with Crippen LogP contribution in [0.4, 0.5) is 0 Å². The Labute approximate surface area is 177 Å². The third kappa shape index (κ3) is 4.81. The Morgan fingerprint density at radius 1 is 1.33 bits per heavy atom. The Hall–Kier alpha value is -1.62. The molecular weight excluding hydrogens is 479 g/mol. The summed E-state index contributed by atoms with van der Waals surface area (Å²) in [5.41, 5.74) is 1.73. The van der Waals surface area contributed by atoms with E-state index >= 15 is 0 Å². The summed E-state index contributed by atoms with van der Waals surface area (Å²) in [5, 5.41) is 7.33. The van der Waals surface area contributed by atoms with Crippen molar-refractivity contribution in [1.29, 1.82) is 0 Å². The molecule has 1 aliphatic rings. The summed E-state index contributed by atoms with van der Waals surface area (Å²) in [7, 11) is -1.39. The number of nitrogens with zero attached hydrogens (tertiary/aromatic N) is 3. The molecule has 1 N–H and O–H groups in total. The van der Waals surface area contributed by atoms with Gasteiger partial charge in [0, 0.05) is 31.8 Å². The Morgan fingerprint density at radius 2 is 2.04 bits per heavy atom. The highest BCUT2D eigenvalue weighted by atomic mass is 127. The van der Waals surface area contributed by atoms with Crippen LogP contribution in [-0.4, -0.2) is 55.1 Å².